The summed E-state index contributed by atoms with van der Waals surface area (Å²) >= 11 is 0. The van der Waals surface area contributed by atoms with Gasteiger partial charge in [-0.25, -0.2) is 4.98 Å². The van der Waals surface area contributed by atoms with Gasteiger partial charge in [-0.3, -0.25) is 0 Å². The molecule has 0 aliphatic carbocycles. The van der Waals surface area contributed by atoms with Gasteiger partial charge < -0.3 is 10.5 Å². The second-order valence-corrected chi connectivity index (χ2v) is 3.97. The minimum Gasteiger partial charge on any atom is -0.497 e. The number of nitrogen functional groups attached to an aromatic ring is 1. The first kappa shape index (κ1) is 9.90. The molecule has 0 unspecified atom stereocenters. The van der Waals surface area contributed by atoms with Crippen LogP contribution in [0.2, 0.25) is 0 Å². The van der Waals surface area contributed by atoms with Crippen LogP contribution in [0.25, 0.3) is 21.8 Å². The number of hydrogen-bond acceptors (Lipinski definition) is 3. The van der Waals surface area contributed by atoms with Crippen molar-refractivity contribution in [2.24, 2.45) is 0 Å². The normalized spacial score (nSPS) is 10.9. The maximum Gasteiger partial charge on any atom is 0.121 e. The highest BCUT2D eigenvalue weighted by Crippen LogP contribution is 2.25. The molecule has 0 amide bonds. The molecule has 1 heterocycles. The van der Waals surface area contributed by atoms with Crippen molar-refractivity contribution in [3.8, 4) is 5.75 Å². The summed E-state index contributed by atoms with van der Waals surface area (Å²) in [7, 11) is 1.65. The minimum atomic E-state index is 0.701. The quantitative estimate of drug-likeness (QED) is 0.510. The van der Waals surface area contributed by atoms with Gasteiger partial charge in [0.1, 0.15) is 5.75 Å². The van der Waals surface area contributed by atoms with Crippen molar-refractivity contribution in [2.45, 2.75) is 0 Å². The molecule has 3 aromatic rings. The van der Waals surface area contributed by atoms with Crippen molar-refractivity contribution >= 4 is 27.5 Å². The second kappa shape index (κ2) is 3.63. The number of rotatable bonds is 1. The number of nitrogens with two attached hydrogens (primary N) is 1. The summed E-state index contributed by atoms with van der Waals surface area (Å²) in [4.78, 5) is 4.58. The molecule has 3 nitrogen and oxygen atoms in total. The third-order valence-corrected chi connectivity index (χ3v) is 2.88. The Labute approximate surface area is 98.8 Å². The zero-order chi connectivity index (χ0) is 11.8. The predicted octanol–water partition coefficient (Wildman–Crippen LogP) is 2.98. The molecule has 0 radical (unpaired) electrons. The molecule has 0 bridgehead atoms. The summed E-state index contributed by atoms with van der Waals surface area (Å²) < 4.78 is 5.19. The summed E-state index contributed by atoms with van der Waals surface area (Å²) in [5.41, 5.74) is 8.36. The Morgan fingerprint density at radius 1 is 1.06 bits per heavy atom. The predicted molar refractivity (Wildman–Crippen MR) is 70.2 cm³/mol. The molecule has 0 saturated carbocycles. The van der Waals surface area contributed by atoms with E-state index in [1.807, 2.05) is 36.4 Å². The van der Waals surface area contributed by atoms with E-state index in [1.54, 1.807) is 7.11 Å². The number of benzene rings is 2. The number of fused-ring (bicyclic) bond motifs is 2. The lowest BCUT2D eigenvalue weighted by molar-refractivity contribution is 0.415. The van der Waals surface area contributed by atoms with Crippen molar-refractivity contribution in [2.75, 3.05) is 12.8 Å². The SMILES string of the molecule is COc1ccc2cc3cccc(N)c3nc2c1. The Morgan fingerprint density at radius 3 is 2.76 bits per heavy atom. The van der Waals surface area contributed by atoms with Crippen LogP contribution in [0, 0.1) is 0 Å². The number of pyridine rings is 1. The maximum absolute atomic E-state index is 5.92. The Hall–Kier alpha value is -2.29. The van der Waals surface area contributed by atoms with Gasteiger partial charge in [-0.1, -0.05) is 12.1 Å². The number of nitrogens with zero attached hydrogens (tertiary/aromatic N) is 1. The van der Waals surface area contributed by atoms with E-state index in [0.29, 0.717) is 5.69 Å². The molecule has 1 aromatic heterocycles. The van der Waals surface area contributed by atoms with E-state index in [0.717, 1.165) is 27.6 Å². The highest BCUT2D eigenvalue weighted by atomic mass is 16.5. The average molecular weight is 224 g/mol. The first-order chi connectivity index (χ1) is 8.28. The van der Waals surface area contributed by atoms with Crippen LogP contribution in [0.4, 0.5) is 5.69 Å². The standard InChI is InChI=1S/C14H12N2O/c1-17-11-6-5-9-7-10-3-2-4-12(15)14(10)16-13(9)8-11/h2-8H,15H2,1H3. The lowest BCUT2D eigenvalue weighted by Crippen LogP contribution is -1.90. The van der Waals surface area contributed by atoms with E-state index < -0.39 is 0 Å². The molecule has 84 valence electrons. The smallest absolute Gasteiger partial charge is 0.121 e. The highest BCUT2D eigenvalue weighted by molar-refractivity contribution is 5.98. The number of aromatic nitrogens is 1. The van der Waals surface area contributed by atoms with Crippen molar-refractivity contribution in [1.82, 2.24) is 4.98 Å². The molecule has 2 aromatic carbocycles. The Bertz CT molecular complexity index is 707. The van der Waals surface area contributed by atoms with E-state index in [9.17, 15) is 0 Å². The molecule has 3 rings (SSSR count). The first-order valence-electron chi connectivity index (χ1n) is 5.41. The summed E-state index contributed by atoms with van der Waals surface area (Å²) in [5.74, 6) is 0.804. The molecule has 0 spiro atoms. The molecule has 0 aliphatic rings. The van der Waals surface area contributed by atoms with Gasteiger partial charge in [0, 0.05) is 16.8 Å². The van der Waals surface area contributed by atoms with Gasteiger partial charge in [-0.15, -0.1) is 0 Å². The van der Waals surface area contributed by atoms with Gasteiger partial charge >= 0.3 is 0 Å². The monoisotopic (exact) mass is 224 g/mol. The number of hydrogen-bond donors (Lipinski definition) is 1. The molecular formula is C14H12N2O. The fraction of sp³-hybridized carbons (Fsp3) is 0.0714. The van der Waals surface area contributed by atoms with Crippen LogP contribution in [0.3, 0.4) is 0 Å². The van der Waals surface area contributed by atoms with Crippen molar-refractivity contribution in [3.63, 3.8) is 0 Å². The molecular weight excluding hydrogens is 212 g/mol. The summed E-state index contributed by atoms with van der Waals surface area (Å²) in [6, 6.07) is 13.8. The topological polar surface area (TPSA) is 48.1 Å². The largest absolute Gasteiger partial charge is 0.497 e. The molecule has 0 fully saturated rings. The van der Waals surface area contributed by atoms with Gasteiger partial charge in [-0.05, 0) is 24.3 Å². The van der Waals surface area contributed by atoms with Crippen molar-refractivity contribution < 1.29 is 4.74 Å². The van der Waals surface area contributed by atoms with Crippen LogP contribution < -0.4 is 10.5 Å². The zero-order valence-electron chi connectivity index (χ0n) is 9.47. The number of para-hydroxylation sites is 1. The maximum atomic E-state index is 5.92. The lowest BCUT2D eigenvalue weighted by atomic mass is 10.1. The number of methoxy groups -OCH3 is 1. The number of ether oxygens (including phenoxy) is 1. The van der Waals surface area contributed by atoms with Gasteiger partial charge in [0.25, 0.3) is 0 Å². The van der Waals surface area contributed by atoms with Crippen LogP contribution in [0.5, 0.6) is 5.75 Å². The van der Waals surface area contributed by atoms with Crippen molar-refractivity contribution in [1.29, 1.82) is 0 Å². The summed E-state index contributed by atoms with van der Waals surface area (Å²) in [5, 5.41) is 2.14. The molecule has 2 N–H and O–H groups in total. The minimum absolute atomic E-state index is 0.701. The lowest BCUT2D eigenvalue weighted by Gasteiger charge is -2.05. The molecule has 0 aliphatic heterocycles. The Kier molecular flexibility index (Phi) is 2.11. The summed E-state index contributed by atoms with van der Waals surface area (Å²) in [6.07, 6.45) is 0. The molecule has 0 saturated heterocycles. The third kappa shape index (κ3) is 1.56. The van der Waals surface area contributed by atoms with Crippen LogP contribution in [0.15, 0.2) is 42.5 Å². The van der Waals surface area contributed by atoms with E-state index in [4.69, 9.17) is 10.5 Å². The third-order valence-electron chi connectivity index (χ3n) is 2.88. The second-order valence-electron chi connectivity index (χ2n) is 3.97. The van der Waals surface area contributed by atoms with Crippen LogP contribution >= 0.6 is 0 Å². The summed E-state index contributed by atoms with van der Waals surface area (Å²) in [6.45, 7) is 0. The van der Waals surface area contributed by atoms with Crippen LogP contribution in [-0.2, 0) is 0 Å². The van der Waals surface area contributed by atoms with E-state index in [-0.39, 0.29) is 0 Å². The number of anilines is 1. The van der Waals surface area contributed by atoms with Crippen LogP contribution in [-0.4, -0.2) is 12.1 Å². The Morgan fingerprint density at radius 2 is 1.94 bits per heavy atom. The van der Waals surface area contributed by atoms with Gasteiger partial charge in [-0.2, -0.15) is 0 Å². The van der Waals surface area contributed by atoms with E-state index in [2.05, 4.69) is 11.1 Å². The van der Waals surface area contributed by atoms with Gasteiger partial charge in [0.05, 0.1) is 23.8 Å². The van der Waals surface area contributed by atoms with E-state index in [1.165, 1.54) is 0 Å². The van der Waals surface area contributed by atoms with Crippen LogP contribution in [0.1, 0.15) is 0 Å². The Balaban J connectivity index is 2.40. The first-order valence-corrected chi connectivity index (χ1v) is 5.41. The fourth-order valence-corrected chi connectivity index (χ4v) is 1.98. The van der Waals surface area contributed by atoms with Gasteiger partial charge in [0.15, 0.2) is 0 Å². The zero-order valence-corrected chi connectivity index (χ0v) is 9.47. The molecule has 3 heteroatoms. The highest BCUT2D eigenvalue weighted by Gasteiger charge is 2.03. The van der Waals surface area contributed by atoms with Gasteiger partial charge in [0.2, 0.25) is 0 Å². The fourth-order valence-electron chi connectivity index (χ4n) is 1.98. The molecule has 17 heavy (non-hydrogen) atoms. The average Bonchev–Trinajstić information content (AvgIpc) is 2.37. The van der Waals surface area contributed by atoms with Crippen molar-refractivity contribution in [3.05, 3.63) is 42.5 Å². The van der Waals surface area contributed by atoms with E-state index >= 15 is 0 Å². The molecule has 0 atom stereocenters.